The van der Waals surface area contributed by atoms with E-state index in [1.165, 1.54) is 12.5 Å². The van der Waals surface area contributed by atoms with Gasteiger partial charge in [0, 0.05) is 0 Å². The number of hydrogen-bond acceptors (Lipinski definition) is 3. The second kappa shape index (κ2) is 3.70. The van der Waals surface area contributed by atoms with E-state index in [1.54, 1.807) is 12.1 Å². The third-order valence-corrected chi connectivity index (χ3v) is 2.78. The minimum atomic E-state index is -0.271. The lowest BCUT2D eigenvalue weighted by atomic mass is 9.80. The van der Waals surface area contributed by atoms with Crippen LogP contribution in [0.3, 0.4) is 0 Å². The zero-order valence-corrected chi connectivity index (χ0v) is 7.77. The summed E-state index contributed by atoms with van der Waals surface area (Å²) in [5, 5.41) is 2.85. The molecule has 14 heavy (non-hydrogen) atoms. The Morgan fingerprint density at radius 1 is 1.21 bits per heavy atom. The van der Waals surface area contributed by atoms with Crippen molar-refractivity contribution in [1.29, 1.82) is 0 Å². The highest BCUT2D eigenvalue weighted by molar-refractivity contribution is 5.47. The number of rotatable bonds is 2. The summed E-state index contributed by atoms with van der Waals surface area (Å²) >= 11 is 0. The minimum absolute atomic E-state index is 0.0969. The van der Waals surface area contributed by atoms with E-state index in [0.29, 0.717) is 5.92 Å². The van der Waals surface area contributed by atoms with Crippen molar-refractivity contribution in [3.63, 3.8) is 0 Å². The van der Waals surface area contributed by atoms with Crippen LogP contribution in [0.5, 0.6) is 0 Å². The summed E-state index contributed by atoms with van der Waals surface area (Å²) in [7, 11) is 0. The standard InChI is InChI=1S/C11H11NO2/c13-10-7-2-1-6-9(11(10)12-14)8-4-3-5-8/h1-2,6-8H,3-5H2. The predicted octanol–water partition coefficient (Wildman–Crippen LogP) is 2.71. The normalized spacial score (nSPS) is 16.0. The van der Waals surface area contributed by atoms with E-state index in [2.05, 4.69) is 5.18 Å². The van der Waals surface area contributed by atoms with Crippen LogP contribution < -0.4 is 5.43 Å². The fourth-order valence-corrected chi connectivity index (χ4v) is 1.75. The van der Waals surface area contributed by atoms with Gasteiger partial charge in [0.1, 0.15) is 0 Å². The van der Waals surface area contributed by atoms with Gasteiger partial charge in [-0.05, 0) is 35.6 Å². The number of nitroso groups, excluding NO2 is 1. The minimum Gasteiger partial charge on any atom is -0.287 e. The molecule has 72 valence electrons. The predicted molar refractivity (Wildman–Crippen MR) is 54.8 cm³/mol. The largest absolute Gasteiger partial charge is 0.287 e. The first-order valence-electron chi connectivity index (χ1n) is 4.79. The molecule has 0 amide bonds. The number of nitrogens with zero attached hydrogens (tertiary/aromatic N) is 1. The molecule has 0 spiro atoms. The van der Waals surface area contributed by atoms with Crippen molar-refractivity contribution in [1.82, 2.24) is 0 Å². The Labute approximate surface area is 81.8 Å². The Balaban J connectivity index is 2.57. The third kappa shape index (κ3) is 1.45. The molecule has 0 saturated heterocycles. The molecule has 0 aliphatic heterocycles. The highest BCUT2D eigenvalue weighted by atomic mass is 16.3. The summed E-state index contributed by atoms with van der Waals surface area (Å²) in [6, 6.07) is 6.67. The van der Waals surface area contributed by atoms with E-state index in [1.807, 2.05) is 6.07 Å². The molecule has 0 bridgehead atoms. The first kappa shape index (κ1) is 9.06. The Morgan fingerprint density at radius 3 is 2.50 bits per heavy atom. The highest BCUT2D eigenvalue weighted by Crippen LogP contribution is 2.39. The zero-order valence-electron chi connectivity index (χ0n) is 7.77. The van der Waals surface area contributed by atoms with Crippen molar-refractivity contribution in [2.24, 2.45) is 5.18 Å². The summed E-state index contributed by atoms with van der Waals surface area (Å²) in [5.74, 6) is 0.364. The molecule has 1 aliphatic rings. The summed E-state index contributed by atoms with van der Waals surface area (Å²) < 4.78 is 0. The maximum Gasteiger partial charge on any atom is 0.208 e. The molecule has 2 rings (SSSR count). The highest BCUT2D eigenvalue weighted by Gasteiger charge is 2.23. The van der Waals surface area contributed by atoms with Crippen LogP contribution in [0.2, 0.25) is 0 Å². The number of hydrogen-bond donors (Lipinski definition) is 0. The quantitative estimate of drug-likeness (QED) is 0.671. The van der Waals surface area contributed by atoms with Crippen LogP contribution in [0.4, 0.5) is 5.69 Å². The van der Waals surface area contributed by atoms with Crippen LogP contribution in [0.1, 0.15) is 30.7 Å². The molecule has 3 nitrogen and oxygen atoms in total. The van der Waals surface area contributed by atoms with Gasteiger partial charge in [0.05, 0.1) is 0 Å². The molecular weight excluding hydrogens is 178 g/mol. The molecule has 1 saturated carbocycles. The van der Waals surface area contributed by atoms with Crippen LogP contribution in [0.15, 0.2) is 34.2 Å². The van der Waals surface area contributed by atoms with Gasteiger partial charge in [0.25, 0.3) is 0 Å². The van der Waals surface area contributed by atoms with Gasteiger partial charge in [-0.25, -0.2) is 0 Å². The maximum atomic E-state index is 11.4. The molecule has 0 unspecified atom stereocenters. The van der Waals surface area contributed by atoms with Crippen molar-refractivity contribution >= 4 is 5.69 Å². The summed E-state index contributed by atoms with van der Waals surface area (Å²) in [6.45, 7) is 0. The first-order valence-corrected chi connectivity index (χ1v) is 4.79. The topological polar surface area (TPSA) is 46.5 Å². The van der Waals surface area contributed by atoms with Crippen LogP contribution in [-0.4, -0.2) is 0 Å². The molecule has 1 aromatic carbocycles. The molecule has 0 atom stereocenters. The fraction of sp³-hybridized carbons (Fsp3) is 0.364. The summed E-state index contributed by atoms with van der Waals surface area (Å²) in [5.41, 5.74) is 0.646. The van der Waals surface area contributed by atoms with E-state index in [0.717, 1.165) is 18.4 Å². The van der Waals surface area contributed by atoms with Gasteiger partial charge < -0.3 is 0 Å². The molecule has 1 fully saturated rings. The van der Waals surface area contributed by atoms with E-state index in [-0.39, 0.29) is 11.1 Å². The van der Waals surface area contributed by atoms with Gasteiger partial charge in [0.2, 0.25) is 5.43 Å². The molecule has 1 aromatic rings. The van der Waals surface area contributed by atoms with Gasteiger partial charge in [-0.3, -0.25) is 4.79 Å². The Kier molecular flexibility index (Phi) is 2.39. The molecular formula is C11H11NO2. The average Bonchev–Trinajstić information content (AvgIpc) is 2.25. The van der Waals surface area contributed by atoms with Gasteiger partial charge >= 0.3 is 0 Å². The van der Waals surface area contributed by atoms with Gasteiger partial charge in [-0.1, -0.05) is 24.6 Å². The molecule has 1 aliphatic carbocycles. The SMILES string of the molecule is O=Nc1c(C2CCC2)ccccc1=O. The van der Waals surface area contributed by atoms with Gasteiger partial charge in [0.15, 0.2) is 5.69 Å². The fourth-order valence-electron chi connectivity index (χ4n) is 1.75. The van der Waals surface area contributed by atoms with Gasteiger partial charge in [-0.2, -0.15) is 0 Å². The molecule has 0 N–H and O–H groups in total. The van der Waals surface area contributed by atoms with E-state index in [9.17, 15) is 9.70 Å². The lowest BCUT2D eigenvalue weighted by Gasteiger charge is -2.25. The molecule has 0 radical (unpaired) electrons. The second-order valence-electron chi connectivity index (χ2n) is 3.61. The zero-order chi connectivity index (χ0) is 9.97. The smallest absolute Gasteiger partial charge is 0.208 e. The van der Waals surface area contributed by atoms with Crippen LogP contribution in [0.25, 0.3) is 0 Å². The Hall–Kier alpha value is -1.51. The average molecular weight is 189 g/mol. The van der Waals surface area contributed by atoms with E-state index >= 15 is 0 Å². The van der Waals surface area contributed by atoms with Crippen molar-refractivity contribution in [3.05, 3.63) is 45.0 Å². The lowest BCUT2D eigenvalue weighted by molar-refractivity contribution is 0.420. The Morgan fingerprint density at radius 2 is 1.93 bits per heavy atom. The van der Waals surface area contributed by atoms with Crippen LogP contribution in [-0.2, 0) is 0 Å². The van der Waals surface area contributed by atoms with Crippen molar-refractivity contribution in [2.45, 2.75) is 25.2 Å². The maximum absolute atomic E-state index is 11.4. The summed E-state index contributed by atoms with van der Waals surface area (Å²) in [6.07, 6.45) is 3.30. The summed E-state index contributed by atoms with van der Waals surface area (Å²) in [4.78, 5) is 22.0. The van der Waals surface area contributed by atoms with Crippen molar-refractivity contribution in [3.8, 4) is 0 Å². The van der Waals surface area contributed by atoms with E-state index in [4.69, 9.17) is 0 Å². The van der Waals surface area contributed by atoms with Gasteiger partial charge in [-0.15, -0.1) is 4.91 Å². The van der Waals surface area contributed by atoms with Crippen LogP contribution in [0, 0.1) is 4.91 Å². The molecule has 3 heteroatoms. The third-order valence-electron chi connectivity index (χ3n) is 2.78. The van der Waals surface area contributed by atoms with E-state index < -0.39 is 0 Å². The van der Waals surface area contributed by atoms with Crippen molar-refractivity contribution in [2.75, 3.05) is 0 Å². The second-order valence-corrected chi connectivity index (χ2v) is 3.61. The van der Waals surface area contributed by atoms with Crippen molar-refractivity contribution < 1.29 is 0 Å². The molecule has 0 aromatic heterocycles. The Bertz CT molecular complexity index is 410. The first-order chi connectivity index (χ1) is 6.83. The molecule has 0 heterocycles. The van der Waals surface area contributed by atoms with Crippen LogP contribution >= 0.6 is 0 Å². The monoisotopic (exact) mass is 189 g/mol. The lowest BCUT2D eigenvalue weighted by Crippen LogP contribution is -2.10.